The molecule has 1 aromatic carbocycles. The quantitative estimate of drug-likeness (QED) is 0.628. The first kappa shape index (κ1) is 16.3. The van der Waals surface area contributed by atoms with Crippen LogP contribution in [0.15, 0.2) is 24.3 Å². The molecule has 0 amide bonds. The maximum Gasteiger partial charge on any atom is 0.439 e. The number of hydrogen-bond donors (Lipinski definition) is 0. The lowest BCUT2D eigenvalue weighted by Crippen LogP contribution is -2.58. The van der Waals surface area contributed by atoms with Crippen LogP contribution in [0, 0.1) is 0 Å². The van der Waals surface area contributed by atoms with E-state index in [1.807, 2.05) is 0 Å². The van der Waals surface area contributed by atoms with E-state index in [4.69, 9.17) is 0 Å². The number of carbonyl (C=O) groups is 1. The summed E-state index contributed by atoms with van der Waals surface area (Å²) in [5, 5.41) is 0. The molecule has 112 valence electrons. The van der Waals surface area contributed by atoms with Crippen molar-refractivity contribution in [2.45, 2.75) is 18.0 Å². The van der Waals surface area contributed by atoms with Crippen molar-refractivity contribution in [2.24, 2.45) is 0 Å². The number of ketones is 1. The SMILES string of the molecule is COc1ccc(C(=O)C(F)(C(F)(F)F)C(F)(F)F)cc1. The molecule has 0 aliphatic rings. The van der Waals surface area contributed by atoms with E-state index in [0.717, 1.165) is 12.1 Å². The number of ether oxygens (including phenoxy) is 1. The standard InChI is InChI=1S/C11H7F7O2/c1-20-7-4-2-6(3-5-7)8(19)9(12,10(13,14)15)11(16,17)18/h2-5H,1H3. The predicted octanol–water partition coefficient (Wildman–Crippen LogP) is 3.71. The van der Waals surface area contributed by atoms with Crippen LogP contribution in [0.4, 0.5) is 30.7 Å². The largest absolute Gasteiger partial charge is 0.497 e. The first-order chi connectivity index (χ1) is 8.95. The van der Waals surface area contributed by atoms with E-state index >= 15 is 0 Å². The average Bonchev–Trinajstić information content (AvgIpc) is 2.34. The lowest BCUT2D eigenvalue weighted by molar-refractivity contribution is -0.317. The van der Waals surface area contributed by atoms with E-state index in [9.17, 15) is 35.5 Å². The summed E-state index contributed by atoms with van der Waals surface area (Å²) in [4.78, 5) is 11.3. The van der Waals surface area contributed by atoms with Gasteiger partial charge in [-0.3, -0.25) is 4.79 Å². The zero-order valence-corrected chi connectivity index (χ0v) is 9.77. The van der Waals surface area contributed by atoms with Gasteiger partial charge < -0.3 is 4.74 Å². The van der Waals surface area contributed by atoms with Gasteiger partial charge >= 0.3 is 18.0 Å². The predicted molar refractivity (Wildman–Crippen MR) is 53.3 cm³/mol. The molecule has 20 heavy (non-hydrogen) atoms. The first-order valence-electron chi connectivity index (χ1n) is 4.96. The van der Waals surface area contributed by atoms with Gasteiger partial charge in [-0.2, -0.15) is 26.3 Å². The Morgan fingerprint density at radius 2 is 1.30 bits per heavy atom. The smallest absolute Gasteiger partial charge is 0.439 e. The van der Waals surface area contributed by atoms with E-state index in [-0.39, 0.29) is 5.75 Å². The molecule has 0 unspecified atom stereocenters. The molecule has 0 radical (unpaired) electrons. The second kappa shape index (κ2) is 4.95. The van der Waals surface area contributed by atoms with Crippen molar-refractivity contribution in [1.82, 2.24) is 0 Å². The summed E-state index contributed by atoms with van der Waals surface area (Å²) in [6, 6.07) is 3.13. The summed E-state index contributed by atoms with van der Waals surface area (Å²) in [6.07, 6.45) is -12.8. The number of Topliss-reactive ketones (excluding diaryl/α,β-unsaturated/α-hetero) is 1. The van der Waals surface area contributed by atoms with Crippen LogP contribution in [0.25, 0.3) is 0 Å². The van der Waals surface area contributed by atoms with Gasteiger partial charge in [-0.25, -0.2) is 4.39 Å². The highest BCUT2D eigenvalue weighted by atomic mass is 19.4. The van der Waals surface area contributed by atoms with Gasteiger partial charge in [0, 0.05) is 5.56 Å². The molecule has 0 heterocycles. The van der Waals surface area contributed by atoms with Crippen molar-refractivity contribution < 1.29 is 40.3 Å². The molecule has 1 aromatic rings. The Morgan fingerprint density at radius 1 is 0.900 bits per heavy atom. The van der Waals surface area contributed by atoms with Gasteiger partial charge in [0.25, 0.3) is 0 Å². The number of halogens is 7. The van der Waals surface area contributed by atoms with Crippen LogP contribution in [0.3, 0.4) is 0 Å². The molecule has 9 heteroatoms. The maximum atomic E-state index is 13.4. The normalized spacial score (nSPS) is 13.2. The summed E-state index contributed by atoms with van der Waals surface area (Å²) in [5.41, 5.74) is -7.02. The van der Waals surface area contributed by atoms with Gasteiger partial charge in [0.1, 0.15) is 5.75 Å². The number of rotatable bonds is 3. The van der Waals surface area contributed by atoms with Gasteiger partial charge in [-0.05, 0) is 24.3 Å². The van der Waals surface area contributed by atoms with Crippen molar-refractivity contribution >= 4 is 5.78 Å². The maximum absolute atomic E-state index is 13.4. The molecule has 0 spiro atoms. The van der Waals surface area contributed by atoms with Crippen LogP contribution in [-0.4, -0.2) is 30.9 Å². The highest BCUT2D eigenvalue weighted by Crippen LogP contribution is 2.48. The van der Waals surface area contributed by atoms with Crippen LogP contribution in [0.5, 0.6) is 5.75 Å². The van der Waals surface area contributed by atoms with Crippen molar-refractivity contribution in [3.05, 3.63) is 29.8 Å². The van der Waals surface area contributed by atoms with Crippen molar-refractivity contribution in [1.29, 1.82) is 0 Å². The summed E-state index contributed by atoms with van der Waals surface area (Å²) in [7, 11) is 1.20. The molecular formula is C11H7F7O2. The molecule has 1 rings (SSSR count). The molecule has 0 aromatic heterocycles. The molecule has 0 saturated carbocycles. The number of benzene rings is 1. The Hall–Kier alpha value is -1.80. The average molecular weight is 304 g/mol. The third kappa shape index (κ3) is 2.56. The van der Waals surface area contributed by atoms with Crippen molar-refractivity contribution in [2.75, 3.05) is 7.11 Å². The molecule has 0 aliphatic carbocycles. The number of hydrogen-bond acceptors (Lipinski definition) is 2. The van der Waals surface area contributed by atoms with Crippen LogP contribution in [-0.2, 0) is 0 Å². The Kier molecular flexibility index (Phi) is 4.02. The first-order valence-corrected chi connectivity index (χ1v) is 4.96. The Morgan fingerprint density at radius 3 is 1.60 bits per heavy atom. The lowest BCUT2D eigenvalue weighted by atomic mass is 9.93. The zero-order chi connectivity index (χ0) is 15.8. The van der Waals surface area contributed by atoms with E-state index < -0.39 is 29.4 Å². The van der Waals surface area contributed by atoms with E-state index in [0.29, 0.717) is 12.1 Å². The van der Waals surface area contributed by atoms with Gasteiger partial charge in [-0.1, -0.05) is 0 Å². The number of carbonyl (C=O) groups excluding carboxylic acids is 1. The van der Waals surface area contributed by atoms with Crippen LogP contribution >= 0.6 is 0 Å². The zero-order valence-electron chi connectivity index (χ0n) is 9.77. The second-order valence-corrected chi connectivity index (χ2v) is 3.71. The molecule has 0 fully saturated rings. The summed E-state index contributed by atoms with van der Waals surface area (Å²) < 4.78 is 92.1. The minimum absolute atomic E-state index is 0.0880. The Bertz CT molecular complexity index is 473. The molecular weight excluding hydrogens is 297 g/mol. The van der Waals surface area contributed by atoms with Gasteiger partial charge in [0.15, 0.2) is 0 Å². The second-order valence-electron chi connectivity index (χ2n) is 3.71. The van der Waals surface area contributed by atoms with E-state index in [1.54, 1.807) is 0 Å². The third-order valence-electron chi connectivity index (χ3n) is 2.45. The molecule has 0 saturated heterocycles. The number of alkyl halides is 7. The Balaban J connectivity index is 3.32. The van der Waals surface area contributed by atoms with Gasteiger partial charge in [0.2, 0.25) is 5.78 Å². The van der Waals surface area contributed by atoms with Gasteiger partial charge in [-0.15, -0.1) is 0 Å². The fraction of sp³-hybridized carbons (Fsp3) is 0.364. The summed E-state index contributed by atoms with van der Waals surface area (Å²) in [6.45, 7) is 0. The van der Waals surface area contributed by atoms with Crippen molar-refractivity contribution in [3.63, 3.8) is 0 Å². The Labute approximate surface area is 108 Å². The molecule has 0 aliphatic heterocycles. The summed E-state index contributed by atoms with van der Waals surface area (Å²) >= 11 is 0. The number of methoxy groups -OCH3 is 1. The lowest BCUT2D eigenvalue weighted by Gasteiger charge is -2.28. The van der Waals surface area contributed by atoms with E-state index in [2.05, 4.69) is 4.74 Å². The fourth-order valence-corrected chi connectivity index (χ4v) is 1.36. The van der Waals surface area contributed by atoms with Crippen LogP contribution < -0.4 is 4.74 Å². The molecule has 0 atom stereocenters. The highest BCUT2D eigenvalue weighted by molar-refractivity contribution is 6.03. The third-order valence-corrected chi connectivity index (χ3v) is 2.45. The topological polar surface area (TPSA) is 26.3 Å². The monoisotopic (exact) mass is 304 g/mol. The highest BCUT2D eigenvalue weighted by Gasteiger charge is 2.77. The minimum Gasteiger partial charge on any atom is -0.497 e. The molecule has 0 bridgehead atoms. The van der Waals surface area contributed by atoms with Crippen molar-refractivity contribution in [3.8, 4) is 5.75 Å². The molecule has 2 nitrogen and oxygen atoms in total. The van der Waals surface area contributed by atoms with Crippen LogP contribution in [0.2, 0.25) is 0 Å². The summed E-state index contributed by atoms with van der Waals surface area (Å²) in [5.74, 6) is -2.63. The van der Waals surface area contributed by atoms with E-state index in [1.165, 1.54) is 7.11 Å². The fourth-order valence-electron chi connectivity index (χ4n) is 1.36. The van der Waals surface area contributed by atoms with Crippen LogP contribution in [0.1, 0.15) is 10.4 Å². The molecule has 0 N–H and O–H groups in total. The minimum atomic E-state index is -6.41. The van der Waals surface area contributed by atoms with Gasteiger partial charge in [0.05, 0.1) is 7.11 Å².